The number of benzene rings is 3. The Morgan fingerprint density at radius 2 is 1.90 bits per heavy atom. The van der Waals surface area contributed by atoms with Gasteiger partial charge in [0.2, 0.25) is 5.91 Å². The fourth-order valence-corrected chi connectivity index (χ4v) is 5.26. The highest BCUT2D eigenvalue weighted by molar-refractivity contribution is 7.22. The lowest BCUT2D eigenvalue weighted by molar-refractivity contribution is -0.117. The number of fused-ring (bicyclic) bond motifs is 1. The minimum absolute atomic E-state index is 0.0239. The van der Waals surface area contributed by atoms with Gasteiger partial charge < -0.3 is 15.4 Å². The smallest absolute Gasteiger partial charge is 0.255 e. The predicted molar refractivity (Wildman–Crippen MR) is 143 cm³/mol. The first-order chi connectivity index (χ1) is 18.9. The van der Waals surface area contributed by atoms with Gasteiger partial charge >= 0.3 is 0 Å². The molecule has 0 unspecified atom stereocenters. The van der Waals surface area contributed by atoms with E-state index in [2.05, 4.69) is 27.8 Å². The summed E-state index contributed by atoms with van der Waals surface area (Å²) in [7, 11) is 0. The Morgan fingerprint density at radius 3 is 2.62 bits per heavy atom. The Morgan fingerprint density at radius 1 is 1.08 bits per heavy atom. The van der Waals surface area contributed by atoms with Crippen molar-refractivity contribution in [3.63, 3.8) is 0 Å². The van der Waals surface area contributed by atoms with Gasteiger partial charge in [-0.1, -0.05) is 23.5 Å². The molecule has 3 aromatic carbocycles. The van der Waals surface area contributed by atoms with Crippen LogP contribution in [-0.2, 0) is 10.2 Å². The second kappa shape index (κ2) is 9.50. The lowest BCUT2D eigenvalue weighted by atomic mass is 9.96. The largest absolute Gasteiger partial charge is 0.456 e. The molecule has 0 aliphatic heterocycles. The Balaban J connectivity index is 1.23. The molecule has 39 heavy (non-hydrogen) atoms. The van der Waals surface area contributed by atoms with E-state index in [1.54, 1.807) is 30.3 Å². The van der Waals surface area contributed by atoms with Gasteiger partial charge in [0, 0.05) is 17.5 Å². The quantitative estimate of drug-likeness (QED) is 0.287. The summed E-state index contributed by atoms with van der Waals surface area (Å²) in [6.45, 7) is 0. The molecular formula is C29H20FN5O3S. The number of halogens is 1. The van der Waals surface area contributed by atoms with Crippen LogP contribution in [0.15, 0.2) is 54.6 Å². The van der Waals surface area contributed by atoms with Gasteiger partial charge in [0.1, 0.15) is 28.9 Å². The average Bonchev–Trinajstić information content (AvgIpc) is 3.87. The first-order valence-electron chi connectivity index (χ1n) is 12.3. The summed E-state index contributed by atoms with van der Waals surface area (Å²) in [5.74, 6) is -0.783. The van der Waals surface area contributed by atoms with E-state index in [0.717, 1.165) is 31.2 Å². The van der Waals surface area contributed by atoms with Gasteiger partial charge in [-0.2, -0.15) is 10.5 Å². The maximum absolute atomic E-state index is 14.6. The lowest BCUT2D eigenvalue weighted by Crippen LogP contribution is -2.14. The monoisotopic (exact) mass is 537 g/mol. The predicted octanol–water partition coefficient (Wildman–Crippen LogP) is 6.26. The Hall–Kier alpha value is -4.80. The molecule has 2 fully saturated rings. The normalized spacial score (nSPS) is 15.2. The minimum Gasteiger partial charge on any atom is -0.456 e. The summed E-state index contributed by atoms with van der Waals surface area (Å²) >= 11 is 1.18. The van der Waals surface area contributed by atoms with Crippen molar-refractivity contribution < 1.29 is 18.7 Å². The van der Waals surface area contributed by atoms with Crippen molar-refractivity contribution in [3.05, 3.63) is 77.1 Å². The highest BCUT2D eigenvalue weighted by atomic mass is 32.1. The molecule has 8 nitrogen and oxygen atoms in total. The summed E-state index contributed by atoms with van der Waals surface area (Å²) in [5.41, 5.74) is 1.23. The molecule has 2 saturated carbocycles. The molecule has 0 atom stereocenters. The molecule has 4 aromatic rings. The second-order valence-corrected chi connectivity index (χ2v) is 10.7. The fraction of sp³-hybridized carbons (Fsp3) is 0.207. The van der Waals surface area contributed by atoms with E-state index in [4.69, 9.17) is 4.74 Å². The molecule has 0 radical (unpaired) electrons. The van der Waals surface area contributed by atoms with Crippen LogP contribution in [0, 0.1) is 34.4 Å². The van der Waals surface area contributed by atoms with E-state index >= 15 is 0 Å². The van der Waals surface area contributed by atoms with Gasteiger partial charge in [-0.25, -0.2) is 9.37 Å². The van der Waals surface area contributed by atoms with Gasteiger partial charge in [-0.15, -0.1) is 0 Å². The maximum Gasteiger partial charge on any atom is 0.255 e. The van der Waals surface area contributed by atoms with Crippen molar-refractivity contribution in [2.24, 2.45) is 5.92 Å². The number of amides is 2. The van der Waals surface area contributed by atoms with E-state index in [1.807, 2.05) is 6.07 Å². The second-order valence-electron chi connectivity index (χ2n) is 9.65. The number of ether oxygens (including phenoxy) is 1. The van der Waals surface area contributed by atoms with E-state index in [-0.39, 0.29) is 34.6 Å². The van der Waals surface area contributed by atoms with Gasteiger partial charge in [0.05, 0.1) is 27.4 Å². The molecule has 1 aromatic heterocycles. The molecule has 2 amide bonds. The summed E-state index contributed by atoms with van der Waals surface area (Å²) in [5, 5.41) is 25.1. The third-order valence-corrected chi connectivity index (χ3v) is 7.87. The topological polar surface area (TPSA) is 128 Å². The number of carbonyl (C=O) groups is 2. The number of nitrogens with zero attached hydrogens (tertiary/aromatic N) is 3. The summed E-state index contributed by atoms with van der Waals surface area (Å²) in [6.07, 6.45) is 3.23. The first kappa shape index (κ1) is 24.5. The number of rotatable bonds is 7. The van der Waals surface area contributed by atoms with Crippen molar-refractivity contribution in [3.8, 4) is 23.6 Å². The van der Waals surface area contributed by atoms with E-state index in [9.17, 15) is 24.5 Å². The van der Waals surface area contributed by atoms with Crippen LogP contribution < -0.4 is 15.4 Å². The maximum atomic E-state index is 14.6. The SMILES string of the molecule is N#Cc1c(Oc2ccc(F)c(NC(=O)c3cccc(C4(C#N)CC4)c3)c2)ccc2nc(NC(=O)C3CC3)sc12. The highest BCUT2D eigenvalue weighted by Crippen LogP contribution is 2.47. The molecule has 10 heteroatoms. The Labute approximate surface area is 226 Å². The van der Waals surface area contributed by atoms with Crippen molar-refractivity contribution in [1.82, 2.24) is 4.98 Å². The zero-order valence-electron chi connectivity index (χ0n) is 20.5. The fourth-order valence-electron chi connectivity index (χ4n) is 4.30. The zero-order chi connectivity index (χ0) is 27.1. The number of nitriles is 2. The van der Waals surface area contributed by atoms with Crippen LogP contribution in [0.2, 0.25) is 0 Å². The number of nitrogens with one attached hydrogen (secondary N) is 2. The molecule has 192 valence electrons. The van der Waals surface area contributed by atoms with Crippen molar-refractivity contribution in [2.45, 2.75) is 31.1 Å². The molecule has 0 spiro atoms. The molecule has 2 N–H and O–H groups in total. The van der Waals surface area contributed by atoms with Gasteiger partial charge in [0.15, 0.2) is 5.13 Å². The number of thiazole rings is 1. The minimum atomic E-state index is -0.656. The molecular weight excluding hydrogens is 517 g/mol. The lowest BCUT2D eigenvalue weighted by Gasteiger charge is -2.12. The summed E-state index contributed by atoms with van der Waals surface area (Å²) < 4.78 is 21.1. The first-order valence-corrected chi connectivity index (χ1v) is 13.2. The Bertz CT molecular complexity index is 1740. The number of anilines is 2. The molecule has 2 aliphatic carbocycles. The van der Waals surface area contributed by atoms with Gasteiger partial charge in [-0.3, -0.25) is 9.59 Å². The molecule has 0 bridgehead atoms. The third kappa shape index (κ3) is 4.78. The van der Waals surface area contributed by atoms with Crippen LogP contribution in [0.4, 0.5) is 15.2 Å². The molecule has 1 heterocycles. The number of aromatic nitrogens is 1. The average molecular weight is 538 g/mol. The van der Waals surface area contributed by atoms with Crippen LogP contribution in [0.3, 0.4) is 0 Å². The standard InChI is InChI=1S/C29H20FN5O3S/c30-21-7-6-19(13-23(21)33-27(37)17-2-1-3-18(12-17)29(15-32)10-11-29)38-24-9-8-22-25(20(24)14-31)39-28(34-22)35-26(36)16-4-5-16/h1-3,6-9,12-13,16H,4-5,10-11H2,(H,33,37)(H,34,35,36). The van der Waals surface area contributed by atoms with E-state index < -0.39 is 17.1 Å². The van der Waals surface area contributed by atoms with Crippen LogP contribution in [-0.4, -0.2) is 16.8 Å². The van der Waals surface area contributed by atoms with Crippen LogP contribution in [0.1, 0.15) is 47.2 Å². The van der Waals surface area contributed by atoms with E-state index in [1.165, 1.54) is 29.5 Å². The van der Waals surface area contributed by atoms with Crippen LogP contribution in [0.25, 0.3) is 10.2 Å². The summed E-state index contributed by atoms with van der Waals surface area (Å²) in [4.78, 5) is 29.4. The van der Waals surface area contributed by atoms with Gasteiger partial charge in [0.25, 0.3) is 5.91 Å². The van der Waals surface area contributed by atoms with Crippen molar-refractivity contribution in [1.29, 1.82) is 10.5 Å². The van der Waals surface area contributed by atoms with Crippen molar-refractivity contribution in [2.75, 3.05) is 10.6 Å². The summed E-state index contributed by atoms with van der Waals surface area (Å²) in [6, 6.07) is 18.4. The highest BCUT2D eigenvalue weighted by Gasteiger charge is 2.45. The van der Waals surface area contributed by atoms with Crippen LogP contribution >= 0.6 is 11.3 Å². The number of hydrogen-bond acceptors (Lipinski definition) is 7. The molecule has 2 aliphatic rings. The number of hydrogen-bond donors (Lipinski definition) is 2. The molecule has 6 rings (SSSR count). The van der Waals surface area contributed by atoms with Gasteiger partial charge in [-0.05, 0) is 67.6 Å². The van der Waals surface area contributed by atoms with Crippen LogP contribution in [0.5, 0.6) is 11.5 Å². The molecule has 0 saturated heterocycles. The van der Waals surface area contributed by atoms with Crippen molar-refractivity contribution >= 4 is 44.2 Å². The Kier molecular flexibility index (Phi) is 5.97. The zero-order valence-corrected chi connectivity index (χ0v) is 21.3. The number of carbonyl (C=O) groups excluding carboxylic acids is 2. The third-order valence-electron chi connectivity index (χ3n) is 6.86. The van der Waals surface area contributed by atoms with E-state index in [0.29, 0.717) is 20.9 Å².